The molecule has 0 saturated heterocycles. The highest BCUT2D eigenvalue weighted by Gasteiger charge is 2.65. The Hall–Kier alpha value is -3.61. The molecule has 2 aromatic carbocycles. The Morgan fingerprint density at radius 2 is 1.71 bits per heavy atom. The van der Waals surface area contributed by atoms with Crippen molar-refractivity contribution in [3.8, 4) is 11.1 Å². The van der Waals surface area contributed by atoms with Crippen molar-refractivity contribution in [2.75, 3.05) is 13.2 Å². The van der Waals surface area contributed by atoms with Gasteiger partial charge < -0.3 is 20.5 Å². The summed E-state index contributed by atoms with van der Waals surface area (Å²) < 4.78 is 5.50. The van der Waals surface area contributed by atoms with E-state index < -0.39 is 17.5 Å². The lowest BCUT2D eigenvalue weighted by molar-refractivity contribution is -0.143. The van der Waals surface area contributed by atoms with Crippen LogP contribution in [0.4, 0.5) is 4.79 Å². The molecule has 3 atom stereocenters. The first-order valence-corrected chi connectivity index (χ1v) is 11.7. The summed E-state index contributed by atoms with van der Waals surface area (Å²) in [6.45, 7) is 2.08. The third-order valence-electron chi connectivity index (χ3n) is 7.53. The number of nitrogens with one attached hydrogen (secondary N) is 2. The van der Waals surface area contributed by atoms with E-state index >= 15 is 0 Å². The number of hydrogen-bond acceptors (Lipinski definition) is 4. The van der Waals surface area contributed by atoms with E-state index in [1.807, 2.05) is 24.3 Å². The van der Waals surface area contributed by atoms with Gasteiger partial charge in [-0.05, 0) is 54.4 Å². The molecular formula is C27H28N2O5. The van der Waals surface area contributed by atoms with E-state index in [9.17, 15) is 19.5 Å². The molecule has 2 fully saturated rings. The lowest BCUT2D eigenvalue weighted by Gasteiger charge is -2.16. The van der Waals surface area contributed by atoms with Crippen molar-refractivity contribution < 1.29 is 24.2 Å². The minimum atomic E-state index is -0.756. The molecule has 176 valence electrons. The molecule has 0 spiro atoms. The van der Waals surface area contributed by atoms with Crippen molar-refractivity contribution in [1.82, 2.24) is 10.6 Å². The predicted octanol–water partition coefficient (Wildman–Crippen LogP) is 3.84. The quantitative estimate of drug-likeness (QED) is 0.545. The number of carboxylic acid groups (broad SMARTS) is 1. The molecule has 3 unspecified atom stereocenters. The van der Waals surface area contributed by atoms with Crippen LogP contribution in [0.15, 0.2) is 60.2 Å². The van der Waals surface area contributed by atoms with Gasteiger partial charge in [0.1, 0.15) is 6.61 Å². The van der Waals surface area contributed by atoms with Crippen LogP contribution >= 0.6 is 0 Å². The summed E-state index contributed by atoms with van der Waals surface area (Å²) in [6, 6.07) is 16.2. The number of rotatable bonds is 7. The molecule has 0 bridgehead atoms. The highest BCUT2D eigenvalue weighted by Crippen LogP contribution is 2.63. The Balaban J connectivity index is 1.10. The number of carbonyl (C=O) groups is 3. The number of ether oxygens (including phenoxy) is 1. The van der Waals surface area contributed by atoms with E-state index in [1.165, 1.54) is 11.1 Å². The average molecular weight is 461 g/mol. The standard InChI is InChI=1S/C27H28N2O5/c1-16(24(30)29-18-12-17-13-27(17,14-18)25(31)32)10-11-28-26(33)34-15-23-21-8-4-2-6-19(21)20-7-3-5-9-22(20)23/h2-10,17-18,23H,11-15H2,1H3,(H,28,33)(H,29,30)(H,31,32)/b16-10+. The molecular weight excluding hydrogens is 432 g/mol. The summed E-state index contributed by atoms with van der Waals surface area (Å²) in [6.07, 6.45) is 3.02. The molecule has 7 heteroatoms. The molecule has 3 aliphatic rings. The molecule has 2 aromatic rings. The molecule has 3 N–H and O–H groups in total. The number of amides is 2. The first-order chi connectivity index (χ1) is 16.4. The third kappa shape index (κ3) is 3.95. The summed E-state index contributed by atoms with van der Waals surface area (Å²) in [5.41, 5.74) is 4.50. The minimum Gasteiger partial charge on any atom is -0.481 e. The molecule has 0 aromatic heterocycles. The summed E-state index contributed by atoms with van der Waals surface area (Å²) in [7, 11) is 0. The first-order valence-electron chi connectivity index (χ1n) is 11.7. The summed E-state index contributed by atoms with van der Waals surface area (Å²) in [5.74, 6) is -0.822. The van der Waals surface area contributed by atoms with Crippen LogP contribution in [-0.4, -0.2) is 42.3 Å². The number of aliphatic carboxylic acids is 1. The fourth-order valence-electron chi connectivity index (χ4n) is 5.59. The van der Waals surface area contributed by atoms with Crippen LogP contribution in [0.1, 0.15) is 43.2 Å². The van der Waals surface area contributed by atoms with Crippen molar-refractivity contribution in [1.29, 1.82) is 0 Å². The van der Waals surface area contributed by atoms with Gasteiger partial charge in [0.15, 0.2) is 0 Å². The minimum absolute atomic E-state index is 0.00655. The Kier molecular flexibility index (Phi) is 5.63. The molecule has 2 saturated carbocycles. The molecule has 3 aliphatic carbocycles. The topological polar surface area (TPSA) is 105 Å². The highest BCUT2D eigenvalue weighted by atomic mass is 16.5. The normalized spacial score (nSPS) is 24.6. The second kappa shape index (κ2) is 8.63. The molecule has 0 aliphatic heterocycles. The number of benzene rings is 2. The zero-order chi connectivity index (χ0) is 23.9. The second-order valence-corrected chi connectivity index (χ2v) is 9.57. The highest BCUT2D eigenvalue weighted by molar-refractivity contribution is 5.93. The fourth-order valence-corrected chi connectivity index (χ4v) is 5.59. The first kappa shape index (κ1) is 22.2. The summed E-state index contributed by atoms with van der Waals surface area (Å²) >= 11 is 0. The second-order valence-electron chi connectivity index (χ2n) is 9.57. The van der Waals surface area contributed by atoms with E-state index in [-0.39, 0.29) is 36.9 Å². The Morgan fingerprint density at radius 1 is 1.06 bits per heavy atom. The number of fused-ring (bicyclic) bond motifs is 4. The lowest BCUT2D eigenvalue weighted by Crippen LogP contribution is -2.36. The van der Waals surface area contributed by atoms with Crippen molar-refractivity contribution in [3.63, 3.8) is 0 Å². The monoisotopic (exact) mass is 460 g/mol. The number of carboxylic acids is 1. The largest absolute Gasteiger partial charge is 0.481 e. The zero-order valence-electron chi connectivity index (χ0n) is 19.0. The van der Waals surface area contributed by atoms with Gasteiger partial charge in [-0.15, -0.1) is 0 Å². The maximum absolute atomic E-state index is 12.4. The Labute approximate surface area is 198 Å². The van der Waals surface area contributed by atoms with Crippen LogP contribution in [0, 0.1) is 11.3 Å². The van der Waals surface area contributed by atoms with Crippen molar-refractivity contribution in [3.05, 3.63) is 71.3 Å². The van der Waals surface area contributed by atoms with Crippen LogP contribution in [0.3, 0.4) is 0 Å². The van der Waals surface area contributed by atoms with Gasteiger partial charge in [-0.25, -0.2) is 4.79 Å². The van der Waals surface area contributed by atoms with E-state index in [1.54, 1.807) is 13.0 Å². The van der Waals surface area contributed by atoms with Crippen LogP contribution in [0.2, 0.25) is 0 Å². The lowest BCUT2D eigenvalue weighted by atomic mass is 9.98. The van der Waals surface area contributed by atoms with Gasteiger partial charge in [0.05, 0.1) is 5.41 Å². The zero-order valence-corrected chi connectivity index (χ0v) is 19.0. The number of alkyl carbamates (subject to hydrolysis) is 1. The Bertz CT molecular complexity index is 1140. The SMILES string of the molecule is C/C(=C\CNC(=O)OCC1c2ccccc2-c2ccccc21)C(=O)NC1CC2CC2(C(=O)O)C1. The van der Waals surface area contributed by atoms with E-state index in [2.05, 4.69) is 34.9 Å². The number of carbonyl (C=O) groups excluding carboxylic acids is 2. The summed E-state index contributed by atoms with van der Waals surface area (Å²) in [4.78, 5) is 36.1. The maximum atomic E-state index is 12.4. The predicted molar refractivity (Wildman–Crippen MR) is 126 cm³/mol. The molecule has 0 heterocycles. The maximum Gasteiger partial charge on any atom is 0.407 e. The van der Waals surface area contributed by atoms with Crippen LogP contribution < -0.4 is 10.6 Å². The third-order valence-corrected chi connectivity index (χ3v) is 7.53. The van der Waals surface area contributed by atoms with Crippen LogP contribution in [0.5, 0.6) is 0 Å². The molecule has 5 rings (SSSR count). The average Bonchev–Trinajstić information content (AvgIpc) is 3.26. The molecule has 7 nitrogen and oxygen atoms in total. The van der Waals surface area contributed by atoms with E-state index in [0.717, 1.165) is 11.1 Å². The van der Waals surface area contributed by atoms with Crippen molar-refractivity contribution in [2.24, 2.45) is 11.3 Å². The smallest absolute Gasteiger partial charge is 0.407 e. The van der Waals surface area contributed by atoms with Gasteiger partial charge in [-0.1, -0.05) is 54.6 Å². The van der Waals surface area contributed by atoms with Crippen molar-refractivity contribution in [2.45, 2.75) is 38.1 Å². The van der Waals surface area contributed by atoms with Gasteiger partial charge in [-0.3, -0.25) is 9.59 Å². The number of hydrogen-bond donors (Lipinski definition) is 3. The van der Waals surface area contributed by atoms with Crippen molar-refractivity contribution >= 4 is 18.0 Å². The molecule has 34 heavy (non-hydrogen) atoms. The molecule has 0 radical (unpaired) electrons. The van der Waals surface area contributed by atoms with E-state index in [4.69, 9.17) is 4.74 Å². The van der Waals surface area contributed by atoms with Gasteiger partial charge in [0.2, 0.25) is 5.91 Å². The van der Waals surface area contributed by atoms with E-state index in [0.29, 0.717) is 24.8 Å². The van der Waals surface area contributed by atoms with Crippen LogP contribution in [0.25, 0.3) is 11.1 Å². The van der Waals surface area contributed by atoms with Gasteiger partial charge >= 0.3 is 12.1 Å². The van der Waals surface area contributed by atoms with Gasteiger partial charge in [0.25, 0.3) is 0 Å². The Morgan fingerprint density at radius 3 is 2.32 bits per heavy atom. The van der Waals surface area contributed by atoms with Gasteiger partial charge in [-0.2, -0.15) is 0 Å². The van der Waals surface area contributed by atoms with Crippen LogP contribution in [-0.2, 0) is 14.3 Å². The fraction of sp³-hybridized carbons (Fsp3) is 0.370. The summed E-state index contributed by atoms with van der Waals surface area (Å²) in [5, 5.41) is 15.0. The van der Waals surface area contributed by atoms with Gasteiger partial charge in [0, 0.05) is 24.1 Å². The molecule has 2 amide bonds.